The number of ether oxygens (including phenoxy) is 1. The number of methoxy groups -OCH3 is 1. The minimum absolute atomic E-state index is 0.770. The van der Waals surface area contributed by atoms with Crippen molar-refractivity contribution >= 4 is 16.3 Å². The van der Waals surface area contributed by atoms with Gasteiger partial charge in [-0.15, -0.1) is 11.3 Å². The second-order valence-corrected chi connectivity index (χ2v) is 6.61. The maximum absolute atomic E-state index is 5.12. The summed E-state index contributed by atoms with van der Waals surface area (Å²) in [6.45, 7) is 0.770. The van der Waals surface area contributed by atoms with Gasteiger partial charge < -0.3 is 4.74 Å². The van der Waals surface area contributed by atoms with Crippen LogP contribution in [0, 0.1) is 0 Å². The lowest BCUT2D eigenvalue weighted by Gasteiger charge is -2.01. The molecule has 0 spiro atoms. The van der Waals surface area contributed by atoms with Crippen LogP contribution in [0.15, 0.2) is 30.5 Å². The average Bonchev–Trinajstić information content (AvgIpc) is 3.17. The summed E-state index contributed by atoms with van der Waals surface area (Å²) in [5.74, 6) is 0. The van der Waals surface area contributed by atoms with Crippen LogP contribution in [0.5, 0.6) is 0 Å². The predicted molar refractivity (Wildman–Crippen MR) is 86.1 cm³/mol. The Balaban J connectivity index is 1.65. The maximum Gasteiger partial charge on any atom is 0.194 e. The second-order valence-electron chi connectivity index (χ2n) is 5.54. The van der Waals surface area contributed by atoms with Crippen LogP contribution in [0.1, 0.15) is 22.6 Å². The number of aromatic nitrogens is 2. The van der Waals surface area contributed by atoms with Crippen molar-refractivity contribution in [2.45, 2.75) is 25.7 Å². The molecule has 2 aromatic heterocycles. The van der Waals surface area contributed by atoms with Gasteiger partial charge in [-0.05, 0) is 31.2 Å². The zero-order valence-electron chi connectivity index (χ0n) is 12.1. The first kappa shape index (κ1) is 13.0. The van der Waals surface area contributed by atoms with E-state index in [0.29, 0.717) is 0 Å². The van der Waals surface area contributed by atoms with Crippen LogP contribution < -0.4 is 0 Å². The molecule has 0 unspecified atom stereocenters. The molecule has 108 valence electrons. The fraction of sp³-hybridized carbons (Fsp3) is 0.353. The number of benzene rings is 1. The number of hydrogen-bond donors (Lipinski definition) is 0. The van der Waals surface area contributed by atoms with Crippen molar-refractivity contribution in [2.24, 2.45) is 0 Å². The summed E-state index contributed by atoms with van der Waals surface area (Å²) in [5.41, 5.74) is 5.06. The van der Waals surface area contributed by atoms with E-state index >= 15 is 0 Å². The average molecular weight is 298 g/mol. The Morgan fingerprint density at radius 1 is 1.24 bits per heavy atom. The van der Waals surface area contributed by atoms with E-state index < -0.39 is 0 Å². The van der Waals surface area contributed by atoms with Gasteiger partial charge in [0.15, 0.2) is 4.96 Å². The molecule has 0 radical (unpaired) electrons. The molecule has 0 fully saturated rings. The van der Waals surface area contributed by atoms with Crippen molar-refractivity contribution in [3.8, 4) is 11.3 Å². The molecule has 1 aliphatic carbocycles. The van der Waals surface area contributed by atoms with Gasteiger partial charge in [-0.3, -0.25) is 4.40 Å². The van der Waals surface area contributed by atoms with Gasteiger partial charge in [0.2, 0.25) is 0 Å². The quantitative estimate of drug-likeness (QED) is 0.733. The highest BCUT2D eigenvalue weighted by Gasteiger charge is 2.19. The van der Waals surface area contributed by atoms with Gasteiger partial charge in [0.05, 0.1) is 12.3 Å². The molecule has 1 aliphatic rings. The summed E-state index contributed by atoms with van der Waals surface area (Å²) in [7, 11) is 1.74. The van der Waals surface area contributed by atoms with Crippen LogP contribution >= 0.6 is 11.3 Å². The summed E-state index contributed by atoms with van der Waals surface area (Å²) in [6, 6.07) is 8.67. The van der Waals surface area contributed by atoms with Crippen LogP contribution in [-0.2, 0) is 24.0 Å². The fourth-order valence-electron chi connectivity index (χ4n) is 3.00. The molecular formula is C17H18N2OS. The summed E-state index contributed by atoms with van der Waals surface area (Å²) < 4.78 is 7.41. The van der Waals surface area contributed by atoms with Gasteiger partial charge in [0.25, 0.3) is 0 Å². The molecule has 21 heavy (non-hydrogen) atoms. The first-order chi connectivity index (χ1) is 10.3. The highest BCUT2D eigenvalue weighted by molar-refractivity contribution is 7.17. The minimum atomic E-state index is 0.770. The normalized spacial score (nSPS) is 14.0. The van der Waals surface area contributed by atoms with E-state index in [4.69, 9.17) is 9.72 Å². The Labute approximate surface area is 128 Å². The molecule has 0 N–H and O–H groups in total. The Hall–Kier alpha value is -1.65. The van der Waals surface area contributed by atoms with Crippen molar-refractivity contribution in [3.63, 3.8) is 0 Å². The number of rotatable bonds is 4. The number of aryl methyl sites for hydroxylation is 2. The third kappa shape index (κ3) is 2.28. The third-order valence-electron chi connectivity index (χ3n) is 4.16. The second kappa shape index (κ2) is 5.28. The molecule has 4 rings (SSSR count). The molecule has 0 saturated carbocycles. The summed E-state index contributed by atoms with van der Waals surface area (Å²) in [5, 5.41) is 0. The molecule has 0 saturated heterocycles. The highest BCUT2D eigenvalue weighted by atomic mass is 32.1. The maximum atomic E-state index is 5.12. The van der Waals surface area contributed by atoms with Crippen molar-refractivity contribution in [2.75, 3.05) is 13.7 Å². The summed E-state index contributed by atoms with van der Waals surface area (Å²) >= 11 is 1.85. The van der Waals surface area contributed by atoms with E-state index in [2.05, 4.69) is 34.9 Å². The SMILES string of the molecule is COCCc1ccc(-c2cn3c4c(sc3n2)CCC4)cc1. The Bertz CT molecular complexity index is 770. The van der Waals surface area contributed by atoms with Gasteiger partial charge in [0, 0.05) is 29.4 Å². The molecule has 0 bridgehead atoms. The minimum Gasteiger partial charge on any atom is -0.384 e. The van der Waals surface area contributed by atoms with Crippen molar-refractivity contribution in [1.82, 2.24) is 9.38 Å². The van der Waals surface area contributed by atoms with E-state index in [1.165, 1.54) is 41.0 Å². The lowest BCUT2D eigenvalue weighted by atomic mass is 10.1. The molecule has 3 aromatic rings. The first-order valence-corrected chi connectivity index (χ1v) is 8.24. The van der Waals surface area contributed by atoms with Crippen LogP contribution in [-0.4, -0.2) is 23.1 Å². The number of nitrogens with zero attached hydrogens (tertiary/aromatic N) is 2. The third-order valence-corrected chi connectivity index (χ3v) is 5.32. The van der Waals surface area contributed by atoms with Gasteiger partial charge in [-0.25, -0.2) is 4.98 Å². The topological polar surface area (TPSA) is 26.5 Å². The summed E-state index contributed by atoms with van der Waals surface area (Å²) in [4.78, 5) is 7.46. The number of fused-ring (bicyclic) bond motifs is 3. The largest absolute Gasteiger partial charge is 0.384 e. The zero-order chi connectivity index (χ0) is 14.2. The Morgan fingerprint density at radius 3 is 2.90 bits per heavy atom. The molecule has 1 aromatic carbocycles. The monoisotopic (exact) mass is 298 g/mol. The molecule has 3 nitrogen and oxygen atoms in total. The van der Waals surface area contributed by atoms with E-state index in [-0.39, 0.29) is 0 Å². The zero-order valence-corrected chi connectivity index (χ0v) is 12.9. The lowest BCUT2D eigenvalue weighted by Crippen LogP contribution is -1.93. The van der Waals surface area contributed by atoms with E-state index in [0.717, 1.165) is 23.7 Å². The van der Waals surface area contributed by atoms with Crippen LogP contribution in [0.4, 0.5) is 0 Å². The smallest absolute Gasteiger partial charge is 0.194 e. The Kier molecular flexibility index (Phi) is 3.28. The van der Waals surface area contributed by atoms with Crippen LogP contribution in [0.2, 0.25) is 0 Å². The van der Waals surface area contributed by atoms with Gasteiger partial charge >= 0.3 is 0 Å². The van der Waals surface area contributed by atoms with Crippen molar-refractivity contribution in [3.05, 3.63) is 46.6 Å². The number of hydrogen-bond acceptors (Lipinski definition) is 3. The van der Waals surface area contributed by atoms with E-state index in [9.17, 15) is 0 Å². The molecule has 0 aliphatic heterocycles. The van der Waals surface area contributed by atoms with Crippen LogP contribution in [0.25, 0.3) is 16.2 Å². The fourth-order valence-corrected chi connectivity index (χ4v) is 4.20. The molecule has 2 heterocycles. The van der Waals surface area contributed by atoms with Gasteiger partial charge in [0.1, 0.15) is 0 Å². The van der Waals surface area contributed by atoms with Crippen molar-refractivity contribution in [1.29, 1.82) is 0 Å². The Morgan fingerprint density at radius 2 is 2.10 bits per heavy atom. The number of thiazole rings is 1. The summed E-state index contributed by atoms with van der Waals surface area (Å²) in [6.07, 6.45) is 6.87. The van der Waals surface area contributed by atoms with Crippen LogP contribution in [0.3, 0.4) is 0 Å². The molecular weight excluding hydrogens is 280 g/mol. The predicted octanol–water partition coefficient (Wildman–Crippen LogP) is 3.74. The van der Waals surface area contributed by atoms with E-state index in [1.807, 2.05) is 11.3 Å². The van der Waals surface area contributed by atoms with Gasteiger partial charge in [-0.2, -0.15) is 0 Å². The number of imidazole rings is 1. The molecule has 0 amide bonds. The molecule has 0 atom stereocenters. The molecule has 4 heteroatoms. The first-order valence-electron chi connectivity index (χ1n) is 7.43. The highest BCUT2D eigenvalue weighted by Crippen LogP contribution is 2.32. The standard InChI is InChI=1S/C17H18N2OS/c1-20-10-9-12-5-7-13(8-6-12)14-11-19-15-3-2-4-16(15)21-17(19)18-14/h5-8,11H,2-4,9-10H2,1H3. The lowest BCUT2D eigenvalue weighted by molar-refractivity contribution is 0.202. The van der Waals surface area contributed by atoms with Crippen molar-refractivity contribution < 1.29 is 4.74 Å². The van der Waals surface area contributed by atoms with E-state index in [1.54, 1.807) is 7.11 Å². The van der Waals surface area contributed by atoms with Gasteiger partial charge in [-0.1, -0.05) is 24.3 Å².